The lowest BCUT2D eigenvalue weighted by Crippen LogP contribution is -2.66. The third kappa shape index (κ3) is 18.3. The van der Waals surface area contributed by atoms with Gasteiger partial charge in [-0.3, -0.25) is 35.8 Å². The molecule has 1 aliphatic carbocycles. The Labute approximate surface area is 508 Å². The fourth-order valence-electron chi connectivity index (χ4n) is 13.5. The lowest BCUT2D eigenvalue weighted by atomic mass is 9.88. The number of rotatable bonds is 35. The summed E-state index contributed by atoms with van der Waals surface area (Å²) < 4.78 is 29.4. The van der Waals surface area contributed by atoms with Gasteiger partial charge in [-0.25, -0.2) is 15.4 Å². The number of fused-ring (bicyclic) bond motifs is 2. The molecule has 85 heavy (non-hydrogen) atoms. The van der Waals surface area contributed by atoms with Crippen LogP contribution < -0.4 is 53.0 Å². The van der Waals surface area contributed by atoms with E-state index in [1.165, 1.54) is 37.0 Å². The number of nitrogens with zero attached hydrogens (tertiary/aromatic N) is 4. The minimum absolute atomic E-state index is 0.0124. The van der Waals surface area contributed by atoms with E-state index in [1.54, 1.807) is 11.0 Å². The third-order valence-corrected chi connectivity index (χ3v) is 19.5. The third-order valence-electron chi connectivity index (χ3n) is 18.1. The van der Waals surface area contributed by atoms with E-state index in [9.17, 15) is 24.6 Å². The van der Waals surface area contributed by atoms with Crippen molar-refractivity contribution >= 4 is 29.5 Å². The van der Waals surface area contributed by atoms with Gasteiger partial charge in [-0.2, -0.15) is 5.53 Å². The van der Waals surface area contributed by atoms with Crippen LogP contribution in [0.25, 0.3) is 0 Å². The van der Waals surface area contributed by atoms with Crippen molar-refractivity contribution in [1.82, 2.24) is 68.1 Å². The number of benzene rings is 2. The van der Waals surface area contributed by atoms with Gasteiger partial charge < -0.3 is 59.6 Å². The molecule has 24 heteroatoms. The average Bonchev–Trinajstić information content (AvgIpc) is 3.18. The average molecular weight is 1210 g/mol. The van der Waals surface area contributed by atoms with Gasteiger partial charge in [-0.15, -0.1) is 11.8 Å². The second-order valence-electron chi connectivity index (χ2n) is 24.5. The molecule has 476 valence electrons. The highest BCUT2D eigenvalue weighted by Crippen LogP contribution is 2.39. The highest BCUT2D eigenvalue weighted by Gasteiger charge is 2.46. The molecule has 0 bridgehead atoms. The zero-order chi connectivity index (χ0) is 59.7. The minimum Gasteiger partial charge on any atom is -0.491 e. The van der Waals surface area contributed by atoms with Crippen molar-refractivity contribution in [3.63, 3.8) is 0 Å². The molecule has 1 saturated carbocycles. The van der Waals surface area contributed by atoms with Crippen LogP contribution in [0.1, 0.15) is 118 Å². The Morgan fingerprint density at radius 1 is 0.882 bits per heavy atom. The Morgan fingerprint density at radius 2 is 1.64 bits per heavy atom. The van der Waals surface area contributed by atoms with Crippen LogP contribution in [-0.2, 0) is 41.6 Å². The van der Waals surface area contributed by atoms with Gasteiger partial charge in [-0.05, 0) is 86.6 Å². The maximum atomic E-state index is 14.3. The number of hydrazine groups is 3. The van der Waals surface area contributed by atoms with Crippen LogP contribution >= 0.6 is 11.8 Å². The van der Waals surface area contributed by atoms with Crippen LogP contribution in [0.5, 0.6) is 5.75 Å². The van der Waals surface area contributed by atoms with Crippen molar-refractivity contribution in [1.29, 1.82) is 0 Å². The Kier molecular flexibility index (Phi) is 25.7. The van der Waals surface area contributed by atoms with Crippen molar-refractivity contribution in [2.75, 3.05) is 111 Å². The summed E-state index contributed by atoms with van der Waals surface area (Å²) in [6.45, 7) is 19.5. The number of hydrogen-bond acceptors (Lipinski definition) is 21. The minimum atomic E-state index is -0.893. The molecule has 0 spiro atoms. The van der Waals surface area contributed by atoms with Gasteiger partial charge in [0.25, 0.3) is 5.91 Å². The summed E-state index contributed by atoms with van der Waals surface area (Å²) in [5.74, 6) is 1.69. The zero-order valence-corrected chi connectivity index (χ0v) is 51.9. The fourth-order valence-corrected chi connectivity index (χ4v) is 14.7. The Morgan fingerprint density at radius 3 is 2.36 bits per heavy atom. The maximum Gasteiger partial charge on any atom is 0.255 e. The zero-order valence-electron chi connectivity index (χ0n) is 51.1. The molecular weight excluding hydrogens is 1110 g/mol. The number of amides is 3. The van der Waals surface area contributed by atoms with Crippen molar-refractivity contribution < 1.29 is 48.3 Å². The molecule has 3 amide bonds. The van der Waals surface area contributed by atoms with Crippen molar-refractivity contribution in [3.05, 3.63) is 64.7 Å². The summed E-state index contributed by atoms with van der Waals surface area (Å²) in [4.78, 5) is 44.7. The van der Waals surface area contributed by atoms with E-state index in [1.807, 2.05) is 55.9 Å². The first kappa shape index (κ1) is 65.8. The van der Waals surface area contributed by atoms with Crippen molar-refractivity contribution in [3.8, 4) is 5.75 Å². The van der Waals surface area contributed by atoms with Crippen LogP contribution in [0, 0.1) is 17.8 Å². The Bertz CT molecular complexity index is 2400. The topological polar surface area (TPSA) is 259 Å². The van der Waals surface area contributed by atoms with Crippen LogP contribution in [0.3, 0.4) is 0 Å². The van der Waals surface area contributed by atoms with E-state index < -0.39 is 24.4 Å². The Hall–Kier alpha value is -3.64. The molecule has 7 aliphatic rings. The van der Waals surface area contributed by atoms with E-state index in [4.69, 9.17) is 23.7 Å². The molecule has 0 aromatic heterocycles. The van der Waals surface area contributed by atoms with Crippen molar-refractivity contribution in [2.24, 2.45) is 17.8 Å². The number of β-amino-alcohol motifs (C(OH)–C–C–N with tert-alkyl or cyclic N) is 1. The molecule has 12 atom stereocenters. The number of nitrogens with one attached hydrogen (secondary N) is 9. The smallest absolute Gasteiger partial charge is 0.255 e. The van der Waals surface area contributed by atoms with E-state index in [0.29, 0.717) is 121 Å². The number of aliphatic hydroxyl groups is 2. The predicted molar refractivity (Wildman–Crippen MR) is 326 cm³/mol. The van der Waals surface area contributed by atoms with Crippen molar-refractivity contribution in [2.45, 2.75) is 165 Å². The van der Waals surface area contributed by atoms with Gasteiger partial charge in [-0.1, -0.05) is 70.9 Å². The van der Waals surface area contributed by atoms with Crippen LogP contribution in [0.2, 0.25) is 0 Å². The van der Waals surface area contributed by atoms with Gasteiger partial charge in [0.05, 0.1) is 71.3 Å². The molecule has 0 radical (unpaired) electrons. The molecule has 5 saturated heterocycles. The lowest BCUT2D eigenvalue weighted by Gasteiger charge is -2.45. The first-order valence-electron chi connectivity index (χ1n) is 31.9. The standard InChI is InChI=1S/C61H101N13O10S/c1-6-43(7-2)51-31-55(74-54(68-51)16-17-66-74)67-47-15-12-42(28-47)32-62-35-56(76)63-34-48-37-71(70-69-48)18-19-80-20-21-81-22-23-82-24-25-83-26-27-84-53-29-44(58-41(5)65-39-85-58)13-14-45(53)33-64-59(77)52-30-49(75)38-72(52)61(79)57(40(3)4)73-36-46-10-8-9-11-50(46)60(73)78/h8-11,13-14,29,40-43,47-49,51-52,54-58,62-63,65-70,75-76H,6-7,12,15-28,30-39H2,1-5H3,(H,64,77)/t41?,42?,47-,48?,49+,51?,52-,54?,55?,56?,57-,58?/m0/s1. The fraction of sp³-hybridized carbons (Fsp3) is 0.754. The normalized spacial score (nSPS) is 27.8. The van der Waals surface area contributed by atoms with E-state index in [-0.39, 0.29) is 67.1 Å². The number of likely N-dealkylation sites (tertiary alicyclic amines) is 1. The summed E-state index contributed by atoms with van der Waals surface area (Å²) >= 11 is 1.84. The number of thioether (sulfide) groups is 1. The van der Waals surface area contributed by atoms with E-state index >= 15 is 0 Å². The molecule has 6 aliphatic heterocycles. The van der Waals surface area contributed by atoms with Gasteiger partial charge in [0.2, 0.25) is 11.8 Å². The lowest BCUT2D eigenvalue weighted by molar-refractivity contribution is -0.143. The largest absolute Gasteiger partial charge is 0.491 e. The number of ether oxygens (including phenoxy) is 5. The highest BCUT2D eigenvalue weighted by atomic mass is 32.2. The maximum absolute atomic E-state index is 14.3. The summed E-state index contributed by atoms with van der Waals surface area (Å²) in [6.07, 6.45) is 7.73. The molecular formula is C61H101N13O10S. The van der Waals surface area contributed by atoms with Gasteiger partial charge in [0, 0.05) is 105 Å². The first-order valence-corrected chi connectivity index (χ1v) is 32.9. The highest BCUT2D eigenvalue weighted by molar-refractivity contribution is 7.99. The van der Waals surface area contributed by atoms with E-state index in [0.717, 1.165) is 61.0 Å². The van der Waals surface area contributed by atoms with Gasteiger partial charge in [0.15, 0.2) is 0 Å². The quantitative estimate of drug-likeness (QED) is 0.0347. The molecule has 6 heterocycles. The summed E-state index contributed by atoms with van der Waals surface area (Å²) in [7, 11) is 0. The summed E-state index contributed by atoms with van der Waals surface area (Å²) in [5, 5.41) is 47.6. The van der Waals surface area contributed by atoms with Crippen LogP contribution in [0.15, 0.2) is 42.5 Å². The summed E-state index contributed by atoms with van der Waals surface area (Å²) in [6, 6.07) is 13.3. The molecule has 23 nitrogen and oxygen atoms in total. The van der Waals surface area contributed by atoms with Crippen LogP contribution in [0.4, 0.5) is 0 Å². The second kappa shape index (κ2) is 33.3. The number of carbonyl (C=O) groups excluding carboxylic acids is 3. The SMILES string of the molecule is CCC(CC)C1CC(N[C@H]2CCC(CNCC(O)NCC3CN(CCOCCOCCOCCOCCOc4cc(C5SCNC5C)ccc4CNC(=O)[C@@H]4C[C@@H](O)CN4C(=O)[C@H](C(C)C)N4Cc5ccccc5C4=O)NN3)C2)N2NCCC2N1. The number of aliphatic hydroxyl groups excluding tert-OH is 2. The number of carbonyl (C=O) groups is 3. The molecule has 8 unspecified atom stereocenters. The molecule has 2 aromatic rings. The first-order chi connectivity index (χ1) is 41.4. The molecule has 2 aromatic carbocycles. The Balaban J connectivity index is 0.585. The molecule has 11 N–H and O–H groups in total. The van der Waals surface area contributed by atoms with E-state index in [2.05, 4.69) is 85.1 Å². The van der Waals surface area contributed by atoms with Gasteiger partial charge in [0.1, 0.15) is 30.7 Å². The van der Waals surface area contributed by atoms with Gasteiger partial charge >= 0.3 is 0 Å². The summed E-state index contributed by atoms with van der Waals surface area (Å²) in [5.41, 5.74) is 13.5. The predicted octanol–water partition coefficient (Wildman–Crippen LogP) is 1.72. The molecule has 6 fully saturated rings. The van der Waals surface area contributed by atoms with Crippen LogP contribution in [-0.4, -0.2) is 220 Å². The monoisotopic (exact) mass is 1210 g/mol. The second-order valence-corrected chi connectivity index (χ2v) is 25.7. The number of hydrogen-bond donors (Lipinski definition) is 11. The molecule has 9 rings (SSSR count).